The lowest BCUT2D eigenvalue weighted by molar-refractivity contribution is -0.119. The van der Waals surface area contributed by atoms with Gasteiger partial charge in [0.05, 0.1) is 22.4 Å². The molecule has 42 heavy (non-hydrogen) atoms. The third-order valence-corrected chi connectivity index (χ3v) is 8.93. The lowest BCUT2D eigenvalue weighted by Crippen LogP contribution is -2.43. The molecule has 4 N–H and O–H groups in total. The lowest BCUT2D eigenvalue weighted by Gasteiger charge is -2.31. The average molecular weight is 590 g/mol. The minimum Gasteiger partial charge on any atom is -0.380 e. The predicted octanol–water partition coefficient (Wildman–Crippen LogP) is 5.62. The average Bonchev–Trinajstić information content (AvgIpc) is 3.63. The first-order valence-corrected chi connectivity index (χ1v) is 14.6. The Hall–Kier alpha value is -3.79. The first-order chi connectivity index (χ1) is 20.3. The van der Waals surface area contributed by atoms with Crippen molar-refractivity contribution in [2.75, 3.05) is 19.0 Å². The van der Waals surface area contributed by atoms with Crippen LogP contribution < -0.4 is 11.1 Å². The smallest absolute Gasteiger partial charge is 0.254 e. The Balaban J connectivity index is 1.26. The fourth-order valence-corrected chi connectivity index (χ4v) is 6.11. The second kappa shape index (κ2) is 11.5. The van der Waals surface area contributed by atoms with Gasteiger partial charge in [-0.1, -0.05) is 36.6 Å². The van der Waals surface area contributed by atoms with Crippen LogP contribution >= 0.6 is 11.6 Å². The highest BCUT2D eigenvalue weighted by Crippen LogP contribution is 2.40. The van der Waals surface area contributed by atoms with Crippen LogP contribution in [0.4, 0.5) is 10.1 Å². The van der Waals surface area contributed by atoms with Crippen LogP contribution in [0.2, 0.25) is 5.02 Å². The van der Waals surface area contributed by atoms with Crippen molar-refractivity contribution in [1.82, 2.24) is 14.9 Å². The molecule has 2 amide bonds. The minimum absolute atomic E-state index is 0.0171. The van der Waals surface area contributed by atoms with Crippen molar-refractivity contribution in [2.24, 2.45) is 11.7 Å². The van der Waals surface area contributed by atoms with E-state index < -0.39 is 23.3 Å². The molecule has 218 valence electrons. The second-order valence-corrected chi connectivity index (χ2v) is 11.7. The number of nitrogens with one attached hydrogen (secondary N) is 2. The number of aromatic nitrogens is 2. The molecular weight excluding hydrogens is 557 g/mol. The summed E-state index contributed by atoms with van der Waals surface area (Å²) in [5.74, 6) is -0.744. The van der Waals surface area contributed by atoms with Gasteiger partial charge < -0.3 is 25.7 Å². The largest absolute Gasteiger partial charge is 0.380 e. The Morgan fingerprint density at radius 2 is 1.95 bits per heavy atom. The number of ether oxygens (including phenoxy) is 1. The molecule has 4 aromatic rings. The zero-order valence-electron chi connectivity index (χ0n) is 23.3. The van der Waals surface area contributed by atoms with E-state index in [-0.39, 0.29) is 30.7 Å². The monoisotopic (exact) mass is 589 g/mol. The Labute approximate surface area is 248 Å². The van der Waals surface area contributed by atoms with Gasteiger partial charge in [0.25, 0.3) is 5.91 Å². The molecular formula is C32H33ClFN5O3. The molecule has 3 unspecified atom stereocenters. The highest BCUT2D eigenvalue weighted by Gasteiger charge is 2.41. The molecule has 8 nitrogen and oxygen atoms in total. The summed E-state index contributed by atoms with van der Waals surface area (Å²) in [6.45, 7) is 0.231. The van der Waals surface area contributed by atoms with Crippen LogP contribution in [-0.2, 0) is 15.1 Å². The number of pyridine rings is 1. The Bertz CT molecular complexity index is 1630. The number of hydrogen-bond acceptors (Lipinski definition) is 5. The number of amides is 2. The van der Waals surface area contributed by atoms with Gasteiger partial charge in [0, 0.05) is 55.1 Å². The number of nitrogens with zero attached hydrogens (tertiary/aromatic N) is 2. The molecule has 2 aromatic heterocycles. The van der Waals surface area contributed by atoms with Gasteiger partial charge >= 0.3 is 0 Å². The van der Waals surface area contributed by atoms with E-state index in [1.807, 2.05) is 12.1 Å². The van der Waals surface area contributed by atoms with E-state index in [1.165, 1.54) is 23.8 Å². The van der Waals surface area contributed by atoms with Crippen molar-refractivity contribution in [3.63, 3.8) is 0 Å². The number of hydrogen-bond donors (Lipinski definition) is 3. The zero-order chi connectivity index (χ0) is 29.4. The van der Waals surface area contributed by atoms with E-state index >= 15 is 4.39 Å². The molecule has 1 aliphatic carbocycles. The molecule has 2 fully saturated rings. The Kier molecular flexibility index (Phi) is 7.74. The maximum atomic E-state index is 15.2. The van der Waals surface area contributed by atoms with Crippen molar-refractivity contribution >= 4 is 40.0 Å². The van der Waals surface area contributed by atoms with Gasteiger partial charge in [-0.25, -0.2) is 4.39 Å². The lowest BCUT2D eigenvalue weighted by atomic mass is 9.79. The number of likely N-dealkylation sites (tertiary alicyclic amines) is 1. The Morgan fingerprint density at radius 3 is 2.69 bits per heavy atom. The molecule has 2 aliphatic rings. The van der Waals surface area contributed by atoms with Crippen LogP contribution in [0.15, 0.2) is 67.1 Å². The molecule has 3 atom stereocenters. The van der Waals surface area contributed by atoms with Crippen molar-refractivity contribution in [3.05, 3.63) is 94.7 Å². The van der Waals surface area contributed by atoms with E-state index in [0.717, 1.165) is 22.9 Å². The third kappa shape index (κ3) is 5.52. The maximum absolute atomic E-state index is 15.2. The number of fused-ring (bicyclic) bond motifs is 1. The number of carbonyl (C=O) groups excluding carboxylic acids is 2. The van der Waals surface area contributed by atoms with Crippen molar-refractivity contribution < 1.29 is 18.7 Å². The third-order valence-electron chi connectivity index (χ3n) is 8.62. The summed E-state index contributed by atoms with van der Waals surface area (Å²) in [6.07, 6.45) is 9.02. The van der Waals surface area contributed by atoms with Crippen LogP contribution in [0.25, 0.3) is 10.9 Å². The molecule has 0 bridgehead atoms. The second-order valence-electron chi connectivity index (χ2n) is 11.3. The van der Waals surface area contributed by atoms with Crippen LogP contribution in [0.3, 0.4) is 0 Å². The molecule has 0 spiro atoms. The van der Waals surface area contributed by atoms with Gasteiger partial charge in [-0.2, -0.15) is 0 Å². The highest BCUT2D eigenvalue weighted by atomic mass is 35.5. The zero-order valence-corrected chi connectivity index (χ0v) is 24.0. The summed E-state index contributed by atoms with van der Waals surface area (Å²) in [6, 6.07) is 12.7. The quantitative estimate of drug-likeness (QED) is 0.235. The minimum atomic E-state index is -0.880. The summed E-state index contributed by atoms with van der Waals surface area (Å²) >= 11 is 6.19. The van der Waals surface area contributed by atoms with Crippen molar-refractivity contribution in [1.29, 1.82) is 0 Å². The summed E-state index contributed by atoms with van der Waals surface area (Å²) in [5.41, 5.74) is 8.88. The first kappa shape index (κ1) is 28.3. The topological polar surface area (TPSA) is 113 Å². The molecule has 3 heterocycles. The molecule has 1 saturated heterocycles. The number of anilines is 1. The van der Waals surface area contributed by atoms with Gasteiger partial charge in [-0.05, 0) is 66.3 Å². The van der Waals surface area contributed by atoms with Crippen LogP contribution in [-0.4, -0.2) is 52.5 Å². The predicted molar refractivity (Wildman–Crippen MR) is 160 cm³/mol. The summed E-state index contributed by atoms with van der Waals surface area (Å²) < 4.78 is 20.7. The molecule has 1 saturated carbocycles. The number of carbonyl (C=O) groups is 2. The van der Waals surface area contributed by atoms with E-state index in [2.05, 4.69) is 15.3 Å². The van der Waals surface area contributed by atoms with Gasteiger partial charge in [0.2, 0.25) is 5.91 Å². The fraction of sp³-hybridized carbons (Fsp3) is 0.344. The SMILES string of the molecule is COC1CC(C(=O)Nc2cc(C(N)(CCC3CC3)c3ccncc3)ccc2F)N(C(=O)c2ccc3c(Cl)c[nH]c3c2)C1. The molecule has 1 aliphatic heterocycles. The van der Waals surface area contributed by atoms with Crippen LogP contribution in [0.1, 0.15) is 53.6 Å². The summed E-state index contributed by atoms with van der Waals surface area (Å²) in [4.78, 5) is 35.9. The fourth-order valence-electron chi connectivity index (χ4n) is 5.89. The molecule has 2 aromatic carbocycles. The van der Waals surface area contributed by atoms with E-state index in [4.69, 9.17) is 22.1 Å². The van der Waals surface area contributed by atoms with Crippen molar-refractivity contribution in [2.45, 2.75) is 49.8 Å². The molecule has 6 rings (SSSR count). The number of aromatic amines is 1. The van der Waals surface area contributed by atoms with Gasteiger partial charge in [0.15, 0.2) is 0 Å². The van der Waals surface area contributed by atoms with Gasteiger partial charge in [0.1, 0.15) is 11.9 Å². The van der Waals surface area contributed by atoms with E-state index in [9.17, 15) is 9.59 Å². The first-order valence-electron chi connectivity index (χ1n) is 14.2. The van der Waals surface area contributed by atoms with E-state index in [1.54, 1.807) is 56.0 Å². The number of H-pyrrole nitrogens is 1. The molecule has 0 radical (unpaired) electrons. The number of methoxy groups -OCH3 is 1. The van der Waals surface area contributed by atoms with Crippen LogP contribution in [0.5, 0.6) is 0 Å². The normalized spacial score (nSPS) is 20.0. The standard InChI is InChI=1S/C32H33ClFN5O3/c1-42-23-16-29(39(18-23)31(41)20-4-6-24-25(33)17-37-27(24)14-20)30(40)38-28-15-22(5-7-26(28)34)32(35,11-8-19-2-3-19)21-9-12-36-13-10-21/h4-7,9-10,12-15,17,19,23,29,37H,2-3,8,11,16,18,35H2,1H3,(H,38,40). The number of halogens is 2. The van der Waals surface area contributed by atoms with Gasteiger partial charge in [-0.3, -0.25) is 14.6 Å². The summed E-state index contributed by atoms with van der Waals surface area (Å²) in [5, 5.41) is 4.11. The van der Waals surface area contributed by atoms with Crippen LogP contribution in [0, 0.1) is 11.7 Å². The Morgan fingerprint density at radius 1 is 1.17 bits per heavy atom. The summed E-state index contributed by atoms with van der Waals surface area (Å²) in [7, 11) is 1.55. The maximum Gasteiger partial charge on any atom is 0.254 e. The molecule has 10 heteroatoms. The number of rotatable bonds is 9. The highest BCUT2D eigenvalue weighted by molar-refractivity contribution is 6.35. The van der Waals surface area contributed by atoms with Gasteiger partial charge in [-0.15, -0.1) is 0 Å². The van der Waals surface area contributed by atoms with E-state index in [0.29, 0.717) is 28.5 Å². The van der Waals surface area contributed by atoms with Crippen molar-refractivity contribution in [3.8, 4) is 0 Å². The number of nitrogens with two attached hydrogens (primary N) is 1. The number of benzene rings is 2.